The first-order valence-corrected chi connectivity index (χ1v) is 11.8. The van der Waals surface area contributed by atoms with Crippen molar-refractivity contribution >= 4 is 62.2 Å². The van der Waals surface area contributed by atoms with Crippen molar-refractivity contribution in [3.63, 3.8) is 0 Å². The second kappa shape index (κ2) is 10.3. The van der Waals surface area contributed by atoms with Gasteiger partial charge in [-0.1, -0.05) is 11.8 Å². The molecule has 11 heteroatoms. The molecule has 0 saturated carbocycles. The molecule has 0 bridgehead atoms. The lowest BCUT2D eigenvalue weighted by Crippen LogP contribution is -2.22. The summed E-state index contributed by atoms with van der Waals surface area (Å²) in [4.78, 5) is 39.2. The Kier molecular flexibility index (Phi) is 7.67. The van der Waals surface area contributed by atoms with Gasteiger partial charge in [-0.25, -0.2) is 4.98 Å². The number of fused-ring (bicyclic) bond motifs is 1. The minimum atomic E-state index is -0.640. The van der Waals surface area contributed by atoms with Crippen molar-refractivity contribution < 1.29 is 19.2 Å². The van der Waals surface area contributed by atoms with E-state index in [1.807, 2.05) is 26.0 Å². The van der Waals surface area contributed by atoms with Gasteiger partial charge < -0.3 is 15.4 Å². The summed E-state index contributed by atoms with van der Waals surface area (Å²) in [6.45, 7) is 5.34. The first-order valence-electron chi connectivity index (χ1n) is 10.0. The third kappa shape index (κ3) is 6.50. The summed E-state index contributed by atoms with van der Waals surface area (Å²) in [6, 6.07) is 9.30. The predicted molar refractivity (Wildman–Crippen MR) is 131 cm³/mol. The maximum Gasteiger partial charge on any atom is 0.293 e. The normalized spacial score (nSPS) is 11.4. The third-order valence-electron chi connectivity index (χ3n) is 4.88. The van der Waals surface area contributed by atoms with E-state index in [2.05, 4.69) is 15.6 Å². The minimum Gasteiger partial charge on any atom is -0.379 e. The number of anilines is 2. The number of ether oxygens (including phenoxy) is 1. The number of carbonyl (C=O) groups excluding carboxylic acids is 2. The van der Waals surface area contributed by atoms with Gasteiger partial charge in [-0.05, 0) is 50.6 Å². The number of methoxy groups -OCH3 is 1. The molecule has 0 spiro atoms. The number of thiazole rings is 1. The predicted octanol–water partition coefficient (Wildman–Crippen LogP) is 5.32. The van der Waals surface area contributed by atoms with E-state index in [0.29, 0.717) is 5.69 Å². The van der Waals surface area contributed by atoms with Crippen LogP contribution in [-0.4, -0.2) is 40.2 Å². The smallest absolute Gasteiger partial charge is 0.293 e. The van der Waals surface area contributed by atoms with Crippen molar-refractivity contribution in [3.05, 3.63) is 52.1 Å². The van der Waals surface area contributed by atoms with Crippen molar-refractivity contribution in [2.24, 2.45) is 0 Å². The summed E-state index contributed by atoms with van der Waals surface area (Å²) in [7, 11) is 1.70. The molecule has 0 unspecified atom stereocenters. The van der Waals surface area contributed by atoms with Crippen LogP contribution in [0.5, 0.6) is 0 Å². The number of carbonyl (C=O) groups is 2. The van der Waals surface area contributed by atoms with Crippen LogP contribution in [0.2, 0.25) is 0 Å². The second-order valence-electron chi connectivity index (χ2n) is 7.85. The number of nitrogens with one attached hydrogen (secondary N) is 2. The molecule has 0 aliphatic heterocycles. The molecule has 0 radical (unpaired) electrons. The number of nitrogens with zero attached hydrogens (tertiary/aromatic N) is 2. The zero-order valence-electron chi connectivity index (χ0n) is 18.6. The maximum atomic E-state index is 12.7. The van der Waals surface area contributed by atoms with Crippen molar-refractivity contribution in [2.45, 2.75) is 37.1 Å². The van der Waals surface area contributed by atoms with Crippen LogP contribution in [0.3, 0.4) is 0 Å². The standard InChI is InChI=1S/C22H24N4O5S2/c1-13(27)23-16-7-5-14(11-18(16)26(29)30)20(28)24-15-6-8-17-19(12-15)33-21(25-17)32-10-9-22(2,3)31-4/h5-8,11-12H,9-10H2,1-4H3,(H,23,27)(H,24,28). The molecule has 2 N–H and O–H groups in total. The summed E-state index contributed by atoms with van der Waals surface area (Å²) in [5.74, 6) is -0.0572. The van der Waals surface area contributed by atoms with Gasteiger partial charge in [-0.2, -0.15) is 0 Å². The monoisotopic (exact) mass is 488 g/mol. The first kappa shape index (κ1) is 24.6. The molecule has 0 fully saturated rings. The molecule has 174 valence electrons. The number of rotatable bonds is 9. The van der Waals surface area contributed by atoms with Gasteiger partial charge in [-0.3, -0.25) is 19.7 Å². The van der Waals surface area contributed by atoms with Gasteiger partial charge in [0.1, 0.15) is 5.69 Å². The Morgan fingerprint density at radius 1 is 1.21 bits per heavy atom. The number of aromatic nitrogens is 1. The van der Waals surface area contributed by atoms with E-state index in [9.17, 15) is 19.7 Å². The Bertz CT molecular complexity index is 1210. The van der Waals surface area contributed by atoms with Gasteiger partial charge in [0.05, 0.1) is 20.7 Å². The molecule has 2 amide bonds. The van der Waals surface area contributed by atoms with E-state index in [0.717, 1.165) is 32.8 Å². The second-order valence-corrected chi connectivity index (χ2v) is 10.2. The summed E-state index contributed by atoms with van der Waals surface area (Å²) in [5, 5.41) is 16.5. The fourth-order valence-electron chi connectivity index (χ4n) is 2.85. The molecule has 0 atom stereocenters. The third-order valence-corrected chi connectivity index (χ3v) is 7.04. The summed E-state index contributed by atoms with van der Waals surface area (Å²) < 4.78 is 7.30. The molecule has 9 nitrogen and oxygen atoms in total. The highest BCUT2D eigenvalue weighted by atomic mass is 32.2. The zero-order chi connectivity index (χ0) is 24.2. The topological polar surface area (TPSA) is 123 Å². The highest BCUT2D eigenvalue weighted by Gasteiger charge is 2.19. The minimum absolute atomic E-state index is 0.0362. The zero-order valence-corrected chi connectivity index (χ0v) is 20.3. The molecule has 0 saturated heterocycles. The summed E-state index contributed by atoms with van der Waals surface area (Å²) in [5.41, 5.74) is 1.00. The molecular formula is C22H24N4O5S2. The number of nitro groups is 1. The summed E-state index contributed by atoms with van der Waals surface area (Å²) in [6.07, 6.45) is 0.887. The lowest BCUT2D eigenvalue weighted by atomic mass is 10.1. The molecule has 2 aromatic carbocycles. The first-order chi connectivity index (χ1) is 15.6. The molecule has 3 rings (SSSR count). The highest BCUT2D eigenvalue weighted by Crippen LogP contribution is 2.33. The Labute approximate surface area is 199 Å². The average molecular weight is 489 g/mol. The number of amides is 2. The fourth-order valence-corrected chi connectivity index (χ4v) is 5.27. The van der Waals surface area contributed by atoms with Crippen molar-refractivity contribution in [2.75, 3.05) is 23.5 Å². The number of nitro benzene ring substituents is 1. The van der Waals surface area contributed by atoms with Crippen LogP contribution < -0.4 is 10.6 Å². The maximum absolute atomic E-state index is 12.7. The van der Waals surface area contributed by atoms with Crippen LogP contribution in [0.25, 0.3) is 10.2 Å². The van der Waals surface area contributed by atoms with E-state index in [4.69, 9.17) is 4.74 Å². The van der Waals surface area contributed by atoms with Crippen LogP contribution in [-0.2, 0) is 9.53 Å². The Morgan fingerprint density at radius 3 is 2.64 bits per heavy atom. The van der Waals surface area contributed by atoms with Crippen molar-refractivity contribution in [1.29, 1.82) is 0 Å². The quantitative estimate of drug-likeness (QED) is 0.237. The van der Waals surface area contributed by atoms with E-state index >= 15 is 0 Å². The fraction of sp³-hybridized carbons (Fsp3) is 0.318. The van der Waals surface area contributed by atoms with E-state index in [1.54, 1.807) is 24.9 Å². The number of benzene rings is 2. The van der Waals surface area contributed by atoms with E-state index < -0.39 is 16.7 Å². The van der Waals surface area contributed by atoms with Gasteiger partial charge in [0, 0.05) is 37.1 Å². The molecule has 33 heavy (non-hydrogen) atoms. The van der Waals surface area contributed by atoms with E-state index in [-0.39, 0.29) is 22.5 Å². The van der Waals surface area contributed by atoms with Crippen LogP contribution in [0.4, 0.5) is 17.1 Å². The highest BCUT2D eigenvalue weighted by molar-refractivity contribution is 8.01. The SMILES string of the molecule is COC(C)(C)CCSc1nc2ccc(NC(=O)c3ccc(NC(C)=O)c([N+](=O)[O-])c3)cc2s1. The molecule has 3 aromatic rings. The van der Waals surface area contributed by atoms with Gasteiger partial charge in [0.2, 0.25) is 5.91 Å². The van der Waals surface area contributed by atoms with Gasteiger partial charge in [-0.15, -0.1) is 11.3 Å². The van der Waals surface area contributed by atoms with Crippen molar-refractivity contribution in [1.82, 2.24) is 4.98 Å². The summed E-state index contributed by atoms with van der Waals surface area (Å²) >= 11 is 3.20. The molecule has 1 aromatic heterocycles. The van der Waals surface area contributed by atoms with Crippen LogP contribution in [0.1, 0.15) is 37.6 Å². The largest absolute Gasteiger partial charge is 0.379 e. The lowest BCUT2D eigenvalue weighted by molar-refractivity contribution is -0.384. The molecule has 1 heterocycles. The Balaban J connectivity index is 1.72. The van der Waals surface area contributed by atoms with Crippen LogP contribution in [0.15, 0.2) is 40.7 Å². The van der Waals surface area contributed by atoms with Gasteiger partial charge in [0.25, 0.3) is 11.6 Å². The molecule has 0 aliphatic rings. The number of hydrogen-bond acceptors (Lipinski definition) is 8. The Hall–Kier alpha value is -3.02. The lowest BCUT2D eigenvalue weighted by Gasteiger charge is -2.21. The molecular weight excluding hydrogens is 464 g/mol. The van der Waals surface area contributed by atoms with Gasteiger partial charge in [0.15, 0.2) is 4.34 Å². The number of hydrogen-bond donors (Lipinski definition) is 2. The van der Waals surface area contributed by atoms with Crippen LogP contribution >= 0.6 is 23.1 Å². The van der Waals surface area contributed by atoms with Crippen LogP contribution in [0, 0.1) is 10.1 Å². The molecule has 0 aliphatic carbocycles. The van der Waals surface area contributed by atoms with Crippen molar-refractivity contribution in [3.8, 4) is 0 Å². The average Bonchev–Trinajstić information content (AvgIpc) is 3.15. The van der Waals surface area contributed by atoms with E-state index in [1.165, 1.54) is 30.4 Å². The number of thioether (sulfide) groups is 1. The van der Waals surface area contributed by atoms with Gasteiger partial charge >= 0.3 is 0 Å². The Morgan fingerprint density at radius 2 is 1.97 bits per heavy atom.